The van der Waals surface area contributed by atoms with Gasteiger partial charge in [-0.15, -0.1) is 0 Å². The van der Waals surface area contributed by atoms with Crippen LogP contribution in [-0.2, 0) is 38.8 Å². The molecule has 53 heavy (non-hydrogen) atoms. The number of ether oxygens (including phenoxy) is 5. The lowest BCUT2D eigenvalue weighted by Gasteiger charge is -2.43. The second-order valence-corrected chi connectivity index (χ2v) is 13.9. The van der Waals surface area contributed by atoms with Crippen molar-refractivity contribution in [3.63, 3.8) is 0 Å². The summed E-state index contributed by atoms with van der Waals surface area (Å²) in [6.07, 6.45) is -0.845. The third-order valence-electron chi connectivity index (χ3n) is 8.66. The molecule has 4 aromatic carbocycles. The highest BCUT2D eigenvalue weighted by Gasteiger charge is 2.42. The monoisotopic (exact) mass is 725 g/mol. The Kier molecular flexibility index (Phi) is 13.6. The summed E-state index contributed by atoms with van der Waals surface area (Å²) < 4.78 is 30.6. The van der Waals surface area contributed by atoms with Gasteiger partial charge in [0.15, 0.2) is 0 Å². The number of benzene rings is 4. The van der Waals surface area contributed by atoms with Gasteiger partial charge >= 0.3 is 18.0 Å². The molecule has 4 aromatic rings. The van der Waals surface area contributed by atoms with Crippen molar-refractivity contribution in [1.29, 1.82) is 0 Å². The van der Waals surface area contributed by atoms with Gasteiger partial charge in [0.1, 0.15) is 11.4 Å². The highest BCUT2D eigenvalue weighted by molar-refractivity contribution is 5.88. The van der Waals surface area contributed by atoms with Crippen LogP contribution in [0.15, 0.2) is 103 Å². The van der Waals surface area contributed by atoms with Crippen LogP contribution >= 0.6 is 0 Å². The van der Waals surface area contributed by atoms with Gasteiger partial charge in [0, 0.05) is 12.3 Å². The second-order valence-electron chi connectivity index (χ2n) is 13.9. The minimum atomic E-state index is -1.01. The number of carboxylic acids is 2. The molecule has 0 spiro atoms. The number of nitrogens with zero attached hydrogens (tertiary/aromatic N) is 1. The maximum atomic E-state index is 13.4. The highest BCUT2D eigenvalue weighted by Crippen LogP contribution is 2.35. The van der Waals surface area contributed by atoms with E-state index in [1.807, 2.05) is 75.4 Å². The number of rotatable bonds is 16. The quantitative estimate of drug-likeness (QED) is 0.111. The molecule has 0 aliphatic carbocycles. The Labute approximate surface area is 310 Å². The van der Waals surface area contributed by atoms with Gasteiger partial charge in [-0.25, -0.2) is 14.4 Å². The number of carbonyl (C=O) groups is 3. The summed E-state index contributed by atoms with van der Waals surface area (Å²) >= 11 is 0. The van der Waals surface area contributed by atoms with Gasteiger partial charge in [-0.1, -0.05) is 66.7 Å². The molecule has 0 bridgehead atoms. The molecule has 1 heterocycles. The molecule has 0 saturated carbocycles. The Morgan fingerprint density at radius 2 is 1.17 bits per heavy atom. The van der Waals surface area contributed by atoms with E-state index in [1.54, 1.807) is 29.2 Å². The second kappa shape index (κ2) is 18.5. The molecule has 0 aromatic heterocycles. The molecule has 3 atom stereocenters. The van der Waals surface area contributed by atoms with E-state index in [1.165, 1.54) is 24.3 Å². The fraction of sp³-hybridized carbons (Fsp3) is 0.357. The predicted molar refractivity (Wildman–Crippen MR) is 197 cm³/mol. The fourth-order valence-corrected chi connectivity index (χ4v) is 5.99. The van der Waals surface area contributed by atoms with Crippen molar-refractivity contribution >= 4 is 18.0 Å². The fourth-order valence-electron chi connectivity index (χ4n) is 5.99. The number of aromatic carboxylic acids is 2. The summed E-state index contributed by atoms with van der Waals surface area (Å²) in [7, 11) is 0. The first kappa shape index (κ1) is 39.0. The van der Waals surface area contributed by atoms with Crippen LogP contribution in [-0.4, -0.2) is 77.3 Å². The molecule has 2 N–H and O–H groups in total. The normalized spacial score (nSPS) is 17.3. The highest BCUT2D eigenvalue weighted by atomic mass is 16.6. The number of carboxylic acid groups (broad SMARTS) is 2. The lowest BCUT2D eigenvalue weighted by molar-refractivity contribution is -0.100. The van der Waals surface area contributed by atoms with Crippen molar-refractivity contribution in [2.45, 2.75) is 70.7 Å². The van der Waals surface area contributed by atoms with Crippen LogP contribution in [0, 0.1) is 0 Å². The van der Waals surface area contributed by atoms with E-state index in [4.69, 9.17) is 23.7 Å². The average molecular weight is 726 g/mol. The van der Waals surface area contributed by atoms with Crippen LogP contribution in [0.2, 0.25) is 0 Å². The van der Waals surface area contributed by atoms with Crippen molar-refractivity contribution in [2.75, 3.05) is 26.3 Å². The van der Waals surface area contributed by atoms with Crippen molar-refractivity contribution in [2.24, 2.45) is 0 Å². The number of hydrogen-bond acceptors (Lipinski definition) is 8. The van der Waals surface area contributed by atoms with E-state index >= 15 is 0 Å². The van der Waals surface area contributed by atoms with Gasteiger partial charge in [0.05, 0.1) is 69.5 Å². The largest absolute Gasteiger partial charge is 0.494 e. The predicted octanol–water partition coefficient (Wildman–Crippen LogP) is 7.57. The van der Waals surface area contributed by atoms with E-state index < -0.39 is 35.8 Å². The minimum Gasteiger partial charge on any atom is -0.494 e. The van der Waals surface area contributed by atoms with E-state index in [0.717, 1.165) is 28.7 Å². The van der Waals surface area contributed by atoms with Crippen LogP contribution in [0.4, 0.5) is 4.79 Å². The van der Waals surface area contributed by atoms with Gasteiger partial charge in [-0.3, -0.25) is 0 Å². The molecule has 1 unspecified atom stereocenters. The lowest BCUT2D eigenvalue weighted by Crippen LogP contribution is -2.55. The lowest BCUT2D eigenvalue weighted by atomic mass is 9.84. The molecule has 5 rings (SSSR count). The van der Waals surface area contributed by atoms with Crippen LogP contribution in [0.3, 0.4) is 0 Å². The Bertz CT molecular complexity index is 1700. The van der Waals surface area contributed by atoms with Crippen LogP contribution in [0.1, 0.15) is 76.1 Å². The molecule has 1 saturated heterocycles. The Morgan fingerprint density at radius 3 is 1.66 bits per heavy atom. The van der Waals surface area contributed by atoms with Crippen molar-refractivity contribution in [1.82, 2.24) is 4.90 Å². The van der Waals surface area contributed by atoms with E-state index in [-0.39, 0.29) is 43.3 Å². The average Bonchev–Trinajstić information content (AvgIpc) is 3.14. The maximum absolute atomic E-state index is 13.4. The third-order valence-corrected chi connectivity index (χ3v) is 8.66. The molecular weight excluding hydrogens is 678 g/mol. The topological polar surface area (TPSA) is 141 Å². The summed E-state index contributed by atoms with van der Waals surface area (Å²) in [6.45, 7) is 7.81. The van der Waals surface area contributed by atoms with E-state index in [0.29, 0.717) is 25.6 Å². The Hall–Kier alpha value is -5.23. The summed E-state index contributed by atoms with van der Waals surface area (Å²) in [6, 6.07) is 30.7. The Morgan fingerprint density at radius 1 is 0.660 bits per heavy atom. The van der Waals surface area contributed by atoms with Gasteiger partial charge in [0.2, 0.25) is 0 Å². The molecule has 1 fully saturated rings. The maximum Gasteiger partial charge on any atom is 0.410 e. The van der Waals surface area contributed by atoms with Crippen molar-refractivity contribution < 1.29 is 48.3 Å². The van der Waals surface area contributed by atoms with Gasteiger partial charge in [0.25, 0.3) is 0 Å². The number of hydrogen-bond donors (Lipinski definition) is 2. The van der Waals surface area contributed by atoms with Crippen molar-refractivity contribution in [3.8, 4) is 5.75 Å². The molecule has 0 radical (unpaired) electrons. The van der Waals surface area contributed by atoms with Crippen molar-refractivity contribution in [3.05, 3.63) is 137 Å². The zero-order valence-corrected chi connectivity index (χ0v) is 30.3. The smallest absolute Gasteiger partial charge is 0.410 e. The zero-order chi connectivity index (χ0) is 37.8. The molecule has 1 amide bonds. The number of carbonyl (C=O) groups excluding carboxylic acids is 1. The first-order chi connectivity index (χ1) is 25.4. The first-order valence-corrected chi connectivity index (χ1v) is 17.7. The summed E-state index contributed by atoms with van der Waals surface area (Å²) in [5, 5.41) is 18.7. The van der Waals surface area contributed by atoms with Gasteiger partial charge < -0.3 is 38.8 Å². The molecule has 280 valence electrons. The molecule has 1 aliphatic heterocycles. The minimum absolute atomic E-state index is 0.167. The van der Waals surface area contributed by atoms with E-state index in [9.17, 15) is 24.6 Å². The van der Waals surface area contributed by atoms with Crippen LogP contribution in [0.5, 0.6) is 5.75 Å². The Balaban J connectivity index is 1.33. The first-order valence-electron chi connectivity index (χ1n) is 17.7. The summed E-state index contributed by atoms with van der Waals surface area (Å²) in [5.74, 6) is -1.65. The standard InChI is InChI=1S/C42H47NO10/c1-42(2,3)53-41(48)43-24-36(51-27-30-10-14-33(15-11-30)39(44)45)38(37(25-43)52-28-31-12-16-34(17-13-31)40(46)47)32-18-20-35(21-19-32)50-23-7-22-49-26-29-8-5-4-6-9-29/h4-6,8-21,36-38H,7,22-28H2,1-3H3,(H,44,45)(H,46,47)/t36-,37+,38?. The molecule has 11 heteroatoms. The van der Waals surface area contributed by atoms with E-state index in [2.05, 4.69) is 0 Å². The molecule has 11 nitrogen and oxygen atoms in total. The van der Waals surface area contributed by atoms with Gasteiger partial charge in [-0.2, -0.15) is 0 Å². The molecular formula is C42H47NO10. The summed E-state index contributed by atoms with van der Waals surface area (Å²) in [4.78, 5) is 37.8. The number of likely N-dealkylation sites (tertiary alicyclic amines) is 1. The number of amides is 1. The third kappa shape index (κ3) is 11.9. The summed E-state index contributed by atoms with van der Waals surface area (Å²) in [5.41, 5.74) is 3.22. The van der Waals surface area contributed by atoms with Gasteiger partial charge in [-0.05, 0) is 79.4 Å². The van der Waals surface area contributed by atoms with Crippen LogP contribution in [0.25, 0.3) is 0 Å². The number of piperidine rings is 1. The zero-order valence-electron chi connectivity index (χ0n) is 30.3. The SMILES string of the molecule is CC(C)(C)OC(=O)N1C[C@H](OCc2ccc(C(=O)O)cc2)C(c2ccc(OCCCOCc3ccccc3)cc2)[C@H](OCc2ccc(C(=O)O)cc2)C1. The van der Waals surface area contributed by atoms with Crippen LogP contribution < -0.4 is 4.74 Å². The molecule has 1 aliphatic rings.